The number of amides is 1. The predicted molar refractivity (Wildman–Crippen MR) is 98.1 cm³/mol. The van der Waals surface area contributed by atoms with E-state index in [0.717, 1.165) is 16.4 Å². The van der Waals surface area contributed by atoms with E-state index in [4.69, 9.17) is 0 Å². The molecule has 1 aromatic heterocycles. The number of carbonyl (C=O) groups is 1. The van der Waals surface area contributed by atoms with Gasteiger partial charge in [0.2, 0.25) is 5.13 Å². The lowest BCUT2D eigenvalue weighted by molar-refractivity contribution is 0.102. The van der Waals surface area contributed by atoms with Crippen molar-refractivity contribution in [2.24, 2.45) is 0 Å². The Bertz CT molecular complexity index is 830. The maximum atomic E-state index is 12.6. The number of aromatic nitrogens is 2. The Morgan fingerprint density at radius 2 is 1.71 bits per heavy atom. The Balaban J connectivity index is 1.79. The number of nitrogens with zero attached hydrogens (tertiary/aromatic N) is 2. The van der Waals surface area contributed by atoms with E-state index >= 15 is 0 Å². The zero-order chi connectivity index (χ0) is 16.9. The number of rotatable bonds is 5. The van der Waals surface area contributed by atoms with E-state index in [2.05, 4.69) is 20.8 Å². The average Bonchev–Trinajstić information content (AvgIpc) is 3.05. The van der Waals surface area contributed by atoms with Crippen LogP contribution in [0.2, 0.25) is 0 Å². The molecule has 6 heteroatoms. The summed E-state index contributed by atoms with van der Waals surface area (Å²) in [4.78, 5) is 12.6. The van der Waals surface area contributed by atoms with E-state index in [-0.39, 0.29) is 5.91 Å². The van der Waals surface area contributed by atoms with Crippen LogP contribution in [0.5, 0.6) is 0 Å². The van der Waals surface area contributed by atoms with Crippen LogP contribution in [0.25, 0.3) is 0 Å². The minimum absolute atomic E-state index is 0.208. The SMILES string of the molecule is CC(C)c1nnc(NC(=O)c2ccccc2Nc2ccccc2)s1. The lowest BCUT2D eigenvalue weighted by Crippen LogP contribution is -2.13. The Kier molecular flexibility index (Phi) is 4.86. The Morgan fingerprint density at radius 1 is 1.00 bits per heavy atom. The van der Waals surface area contributed by atoms with Gasteiger partial charge in [-0.25, -0.2) is 0 Å². The smallest absolute Gasteiger partial charge is 0.259 e. The van der Waals surface area contributed by atoms with Gasteiger partial charge in [-0.2, -0.15) is 0 Å². The second-order valence-corrected chi connectivity index (χ2v) is 6.60. The van der Waals surface area contributed by atoms with Crippen LogP contribution in [0, 0.1) is 0 Å². The van der Waals surface area contributed by atoms with E-state index in [1.54, 1.807) is 6.07 Å². The summed E-state index contributed by atoms with van der Waals surface area (Å²) in [7, 11) is 0. The average molecular weight is 338 g/mol. The predicted octanol–water partition coefficient (Wildman–Crippen LogP) is 4.66. The number of anilines is 3. The van der Waals surface area contributed by atoms with Gasteiger partial charge in [-0.3, -0.25) is 10.1 Å². The van der Waals surface area contributed by atoms with Gasteiger partial charge < -0.3 is 5.32 Å². The Hall–Kier alpha value is -2.73. The molecule has 3 aromatic rings. The summed E-state index contributed by atoms with van der Waals surface area (Å²) in [5.41, 5.74) is 2.23. The fraction of sp³-hybridized carbons (Fsp3) is 0.167. The largest absolute Gasteiger partial charge is 0.355 e. The van der Waals surface area contributed by atoms with Crippen molar-refractivity contribution >= 4 is 33.8 Å². The van der Waals surface area contributed by atoms with Gasteiger partial charge in [0.05, 0.1) is 11.3 Å². The monoisotopic (exact) mass is 338 g/mol. The molecule has 2 N–H and O–H groups in total. The molecule has 0 radical (unpaired) electrons. The first-order valence-electron chi connectivity index (χ1n) is 7.69. The fourth-order valence-corrected chi connectivity index (χ4v) is 2.89. The first kappa shape index (κ1) is 16.1. The standard InChI is InChI=1S/C18H18N4OS/c1-12(2)17-21-22-18(24-17)20-16(23)14-10-6-7-11-15(14)19-13-8-4-3-5-9-13/h3-12,19H,1-2H3,(H,20,22,23). The van der Waals surface area contributed by atoms with Gasteiger partial charge in [0.25, 0.3) is 5.91 Å². The molecule has 1 heterocycles. The van der Waals surface area contributed by atoms with E-state index in [0.29, 0.717) is 16.6 Å². The van der Waals surface area contributed by atoms with Crippen molar-refractivity contribution in [2.75, 3.05) is 10.6 Å². The minimum Gasteiger partial charge on any atom is -0.355 e. The van der Waals surface area contributed by atoms with Crippen LogP contribution in [0.15, 0.2) is 54.6 Å². The first-order chi connectivity index (χ1) is 11.6. The molecule has 2 aromatic carbocycles. The number of hydrogen-bond acceptors (Lipinski definition) is 5. The van der Waals surface area contributed by atoms with Crippen LogP contribution >= 0.6 is 11.3 Å². The fourth-order valence-electron chi connectivity index (χ4n) is 2.15. The highest BCUT2D eigenvalue weighted by atomic mass is 32.1. The maximum Gasteiger partial charge on any atom is 0.259 e. The molecule has 0 bridgehead atoms. The molecule has 122 valence electrons. The summed E-state index contributed by atoms with van der Waals surface area (Å²) >= 11 is 1.40. The summed E-state index contributed by atoms with van der Waals surface area (Å²) in [5.74, 6) is 0.0840. The van der Waals surface area contributed by atoms with E-state index in [1.807, 2.05) is 62.4 Å². The molecule has 0 saturated carbocycles. The molecule has 0 aliphatic carbocycles. The number of benzene rings is 2. The number of carbonyl (C=O) groups excluding carboxylic acids is 1. The van der Waals surface area contributed by atoms with Gasteiger partial charge in [0, 0.05) is 11.6 Å². The zero-order valence-corrected chi connectivity index (χ0v) is 14.3. The maximum absolute atomic E-state index is 12.6. The van der Waals surface area contributed by atoms with Gasteiger partial charge in [-0.15, -0.1) is 10.2 Å². The minimum atomic E-state index is -0.208. The van der Waals surface area contributed by atoms with Crippen molar-refractivity contribution in [3.63, 3.8) is 0 Å². The number of nitrogens with one attached hydrogen (secondary N) is 2. The third-order valence-corrected chi connectivity index (χ3v) is 4.52. The highest BCUT2D eigenvalue weighted by Crippen LogP contribution is 2.25. The molecule has 24 heavy (non-hydrogen) atoms. The highest BCUT2D eigenvalue weighted by molar-refractivity contribution is 7.15. The molecule has 3 rings (SSSR count). The lowest BCUT2D eigenvalue weighted by Gasteiger charge is -2.11. The molecule has 0 aliphatic heterocycles. The van der Waals surface area contributed by atoms with Crippen molar-refractivity contribution in [3.8, 4) is 0 Å². The van der Waals surface area contributed by atoms with Crippen LogP contribution in [0.4, 0.5) is 16.5 Å². The second-order valence-electron chi connectivity index (χ2n) is 5.59. The van der Waals surface area contributed by atoms with Gasteiger partial charge in [0.15, 0.2) is 0 Å². The molecule has 0 unspecified atom stereocenters. The lowest BCUT2D eigenvalue weighted by atomic mass is 10.1. The van der Waals surface area contributed by atoms with E-state index in [9.17, 15) is 4.79 Å². The van der Waals surface area contributed by atoms with Crippen LogP contribution < -0.4 is 10.6 Å². The summed E-state index contributed by atoms with van der Waals surface area (Å²) in [6.45, 7) is 4.09. The summed E-state index contributed by atoms with van der Waals surface area (Å²) in [6, 6.07) is 17.1. The van der Waals surface area contributed by atoms with Crippen molar-refractivity contribution in [1.29, 1.82) is 0 Å². The highest BCUT2D eigenvalue weighted by Gasteiger charge is 2.14. The second kappa shape index (κ2) is 7.23. The van der Waals surface area contributed by atoms with Crippen molar-refractivity contribution in [3.05, 3.63) is 65.2 Å². The molecule has 1 amide bonds. The van der Waals surface area contributed by atoms with Crippen LogP contribution in [0.3, 0.4) is 0 Å². The third-order valence-electron chi connectivity index (χ3n) is 3.38. The van der Waals surface area contributed by atoms with Gasteiger partial charge in [-0.1, -0.05) is 55.5 Å². The molecule has 0 aliphatic rings. The normalized spacial score (nSPS) is 10.6. The zero-order valence-electron chi connectivity index (χ0n) is 13.5. The quantitative estimate of drug-likeness (QED) is 0.710. The molecular weight excluding hydrogens is 320 g/mol. The van der Waals surface area contributed by atoms with E-state index in [1.165, 1.54) is 11.3 Å². The molecule has 0 atom stereocenters. The first-order valence-corrected chi connectivity index (χ1v) is 8.51. The molecule has 0 fully saturated rings. The Labute approximate surface area is 144 Å². The summed E-state index contributed by atoms with van der Waals surface area (Å²) in [5, 5.41) is 15.6. The number of hydrogen-bond donors (Lipinski definition) is 2. The van der Waals surface area contributed by atoms with Gasteiger partial charge in [0.1, 0.15) is 5.01 Å². The van der Waals surface area contributed by atoms with Crippen molar-refractivity contribution in [1.82, 2.24) is 10.2 Å². The van der Waals surface area contributed by atoms with Gasteiger partial charge in [-0.05, 0) is 24.3 Å². The number of para-hydroxylation sites is 2. The molecule has 0 spiro atoms. The van der Waals surface area contributed by atoms with Gasteiger partial charge >= 0.3 is 0 Å². The topological polar surface area (TPSA) is 66.9 Å². The van der Waals surface area contributed by atoms with Crippen LogP contribution in [-0.4, -0.2) is 16.1 Å². The summed E-state index contributed by atoms with van der Waals surface area (Å²) in [6.07, 6.45) is 0. The van der Waals surface area contributed by atoms with Crippen molar-refractivity contribution < 1.29 is 4.79 Å². The third kappa shape index (κ3) is 3.78. The molecular formula is C18H18N4OS. The molecule has 5 nitrogen and oxygen atoms in total. The van der Waals surface area contributed by atoms with Crippen LogP contribution in [0.1, 0.15) is 35.1 Å². The Morgan fingerprint density at radius 3 is 2.42 bits per heavy atom. The van der Waals surface area contributed by atoms with Crippen molar-refractivity contribution in [2.45, 2.75) is 19.8 Å². The molecule has 0 saturated heterocycles. The van der Waals surface area contributed by atoms with E-state index < -0.39 is 0 Å². The summed E-state index contributed by atoms with van der Waals surface area (Å²) < 4.78 is 0. The van der Waals surface area contributed by atoms with Crippen LogP contribution in [-0.2, 0) is 0 Å².